The first-order chi connectivity index (χ1) is 11.1. The molecule has 126 valence electrons. The largest absolute Gasteiger partial charge is 0.370 e. The van der Waals surface area contributed by atoms with Gasteiger partial charge >= 0.3 is 0 Å². The fourth-order valence-electron chi connectivity index (χ4n) is 2.92. The monoisotopic (exact) mass is 336 g/mol. The zero-order valence-electron chi connectivity index (χ0n) is 13.6. The van der Waals surface area contributed by atoms with Gasteiger partial charge in [0.05, 0.1) is 6.54 Å². The SMILES string of the molecule is CCNC(=NCc1ccccc1Cl)N1CCCC(CC(N)=O)C1. The van der Waals surface area contributed by atoms with E-state index in [9.17, 15) is 4.79 Å². The van der Waals surface area contributed by atoms with Crippen LogP contribution in [0.15, 0.2) is 29.3 Å². The summed E-state index contributed by atoms with van der Waals surface area (Å²) in [6, 6.07) is 7.75. The van der Waals surface area contributed by atoms with E-state index in [1.807, 2.05) is 24.3 Å². The number of rotatable bonds is 5. The van der Waals surface area contributed by atoms with E-state index < -0.39 is 0 Å². The lowest BCUT2D eigenvalue weighted by Gasteiger charge is -2.34. The highest BCUT2D eigenvalue weighted by atomic mass is 35.5. The molecule has 1 aliphatic heterocycles. The number of primary amides is 1. The first kappa shape index (κ1) is 17.6. The Balaban J connectivity index is 2.06. The second kappa shape index (κ2) is 8.77. The van der Waals surface area contributed by atoms with E-state index in [-0.39, 0.29) is 5.91 Å². The summed E-state index contributed by atoms with van der Waals surface area (Å²) in [5.41, 5.74) is 6.35. The van der Waals surface area contributed by atoms with Gasteiger partial charge in [-0.15, -0.1) is 0 Å². The molecular weight excluding hydrogens is 312 g/mol. The Morgan fingerprint density at radius 3 is 2.96 bits per heavy atom. The molecule has 1 aromatic rings. The number of piperidine rings is 1. The van der Waals surface area contributed by atoms with Crippen molar-refractivity contribution in [1.82, 2.24) is 10.2 Å². The first-order valence-corrected chi connectivity index (χ1v) is 8.53. The normalized spacial score (nSPS) is 18.8. The minimum absolute atomic E-state index is 0.227. The highest BCUT2D eigenvalue weighted by molar-refractivity contribution is 6.31. The zero-order chi connectivity index (χ0) is 16.7. The first-order valence-electron chi connectivity index (χ1n) is 8.15. The van der Waals surface area contributed by atoms with Gasteiger partial charge < -0.3 is 16.0 Å². The van der Waals surface area contributed by atoms with Gasteiger partial charge in [0.2, 0.25) is 5.91 Å². The molecule has 23 heavy (non-hydrogen) atoms. The summed E-state index contributed by atoms with van der Waals surface area (Å²) < 4.78 is 0. The number of carbonyl (C=O) groups excluding carboxylic acids is 1. The second-order valence-corrected chi connectivity index (χ2v) is 6.29. The minimum Gasteiger partial charge on any atom is -0.370 e. The summed E-state index contributed by atoms with van der Waals surface area (Å²) in [6.07, 6.45) is 2.54. The molecule has 5 nitrogen and oxygen atoms in total. The number of halogens is 1. The third-order valence-corrected chi connectivity index (χ3v) is 4.37. The van der Waals surface area contributed by atoms with Crippen molar-refractivity contribution >= 4 is 23.5 Å². The fourth-order valence-corrected chi connectivity index (χ4v) is 3.12. The molecule has 1 aliphatic rings. The van der Waals surface area contributed by atoms with Gasteiger partial charge in [-0.05, 0) is 37.3 Å². The molecule has 2 rings (SSSR count). The predicted octanol–water partition coefficient (Wildman–Crippen LogP) is 2.39. The van der Waals surface area contributed by atoms with Crippen LogP contribution in [0.5, 0.6) is 0 Å². The van der Waals surface area contributed by atoms with Crippen LogP contribution in [0.3, 0.4) is 0 Å². The Labute approximate surface area is 142 Å². The van der Waals surface area contributed by atoms with Crippen molar-refractivity contribution < 1.29 is 4.79 Å². The number of nitrogens with two attached hydrogens (primary N) is 1. The Morgan fingerprint density at radius 2 is 2.26 bits per heavy atom. The van der Waals surface area contributed by atoms with E-state index in [4.69, 9.17) is 22.3 Å². The van der Waals surface area contributed by atoms with Gasteiger partial charge in [-0.2, -0.15) is 0 Å². The van der Waals surface area contributed by atoms with Gasteiger partial charge in [0.1, 0.15) is 0 Å². The number of benzene rings is 1. The third kappa shape index (κ3) is 5.43. The molecule has 1 saturated heterocycles. The molecule has 0 saturated carbocycles. The topological polar surface area (TPSA) is 70.7 Å². The van der Waals surface area contributed by atoms with E-state index >= 15 is 0 Å². The van der Waals surface area contributed by atoms with Crippen molar-refractivity contribution in [2.75, 3.05) is 19.6 Å². The molecule has 1 atom stereocenters. The molecule has 0 aromatic heterocycles. The van der Waals surface area contributed by atoms with E-state index in [1.165, 1.54) is 0 Å². The molecule has 0 bridgehead atoms. The predicted molar refractivity (Wildman–Crippen MR) is 94.4 cm³/mol. The zero-order valence-corrected chi connectivity index (χ0v) is 14.4. The quantitative estimate of drug-likeness (QED) is 0.640. The molecule has 1 amide bonds. The molecule has 1 aromatic carbocycles. The number of carbonyl (C=O) groups is 1. The maximum absolute atomic E-state index is 11.2. The van der Waals surface area contributed by atoms with Crippen LogP contribution < -0.4 is 11.1 Å². The van der Waals surface area contributed by atoms with Crippen molar-refractivity contribution in [1.29, 1.82) is 0 Å². The van der Waals surface area contributed by atoms with E-state index in [0.717, 1.165) is 49.0 Å². The number of amides is 1. The average Bonchev–Trinajstić information content (AvgIpc) is 2.52. The van der Waals surface area contributed by atoms with Crippen LogP contribution in [0.25, 0.3) is 0 Å². The van der Waals surface area contributed by atoms with Crippen LogP contribution in [0.2, 0.25) is 5.02 Å². The highest BCUT2D eigenvalue weighted by Gasteiger charge is 2.23. The smallest absolute Gasteiger partial charge is 0.217 e. The molecule has 1 fully saturated rings. The number of nitrogens with zero attached hydrogens (tertiary/aromatic N) is 2. The van der Waals surface area contributed by atoms with Crippen LogP contribution in [-0.4, -0.2) is 36.4 Å². The highest BCUT2D eigenvalue weighted by Crippen LogP contribution is 2.20. The minimum atomic E-state index is -0.227. The summed E-state index contributed by atoms with van der Waals surface area (Å²) in [4.78, 5) is 18.1. The maximum atomic E-state index is 11.2. The summed E-state index contributed by atoms with van der Waals surface area (Å²) in [5, 5.41) is 4.07. The third-order valence-electron chi connectivity index (χ3n) is 4.00. The Hall–Kier alpha value is -1.75. The number of aliphatic imine (C=N–C) groups is 1. The van der Waals surface area contributed by atoms with Crippen LogP contribution in [-0.2, 0) is 11.3 Å². The van der Waals surface area contributed by atoms with Crippen LogP contribution in [0.1, 0.15) is 31.7 Å². The van der Waals surface area contributed by atoms with Gasteiger partial charge in [-0.25, -0.2) is 4.99 Å². The molecular formula is C17H25ClN4O. The van der Waals surface area contributed by atoms with Gasteiger partial charge in [0.15, 0.2) is 5.96 Å². The molecule has 3 N–H and O–H groups in total. The average molecular weight is 337 g/mol. The lowest BCUT2D eigenvalue weighted by molar-refractivity contribution is -0.119. The molecule has 1 unspecified atom stereocenters. The number of hydrogen-bond donors (Lipinski definition) is 2. The Morgan fingerprint density at radius 1 is 1.48 bits per heavy atom. The summed E-state index contributed by atoms with van der Waals surface area (Å²) in [7, 11) is 0. The summed E-state index contributed by atoms with van der Waals surface area (Å²) >= 11 is 6.20. The van der Waals surface area contributed by atoms with Crippen molar-refractivity contribution in [3.8, 4) is 0 Å². The standard InChI is InChI=1S/C17H25ClN4O/c1-2-20-17(21-11-14-7-3-4-8-15(14)18)22-9-5-6-13(12-22)10-16(19)23/h3-4,7-8,13H,2,5-6,9-12H2,1H3,(H2,19,23)(H,20,21). The van der Waals surface area contributed by atoms with Gasteiger partial charge in [-0.3, -0.25) is 4.79 Å². The summed E-state index contributed by atoms with van der Waals surface area (Å²) in [6.45, 7) is 5.16. The van der Waals surface area contributed by atoms with Gasteiger partial charge in [-0.1, -0.05) is 29.8 Å². The molecule has 0 aliphatic carbocycles. The number of likely N-dealkylation sites (tertiary alicyclic amines) is 1. The lowest BCUT2D eigenvalue weighted by atomic mass is 9.95. The van der Waals surface area contributed by atoms with E-state index in [1.54, 1.807) is 0 Å². The van der Waals surface area contributed by atoms with Crippen molar-refractivity contribution in [2.24, 2.45) is 16.6 Å². The Bertz CT molecular complexity index is 561. The van der Waals surface area contributed by atoms with Crippen molar-refractivity contribution in [3.05, 3.63) is 34.9 Å². The molecule has 6 heteroatoms. The second-order valence-electron chi connectivity index (χ2n) is 5.89. The van der Waals surface area contributed by atoms with Crippen LogP contribution >= 0.6 is 11.6 Å². The lowest BCUT2D eigenvalue weighted by Crippen LogP contribution is -2.47. The fraction of sp³-hybridized carbons (Fsp3) is 0.529. The maximum Gasteiger partial charge on any atom is 0.217 e. The van der Waals surface area contributed by atoms with Gasteiger partial charge in [0, 0.05) is 31.1 Å². The van der Waals surface area contributed by atoms with Crippen LogP contribution in [0, 0.1) is 5.92 Å². The number of hydrogen-bond acceptors (Lipinski definition) is 2. The Kier molecular flexibility index (Phi) is 6.71. The summed E-state index contributed by atoms with van der Waals surface area (Å²) in [5.74, 6) is 0.960. The van der Waals surface area contributed by atoms with E-state index in [0.29, 0.717) is 18.9 Å². The molecule has 1 heterocycles. The number of nitrogens with one attached hydrogen (secondary N) is 1. The van der Waals surface area contributed by atoms with Crippen LogP contribution in [0.4, 0.5) is 0 Å². The molecule has 0 spiro atoms. The van der Waals surface area contributed by atoms with E-state index in [2.05, 4.69) is 17.1 Å². The van der Waals surface area contributed by atoms with Crippen molar-refractivity contribution in [2.45, 2.75) is 32.7 Å². The molecule has 0 radical (unpaired) electrons. The van der Waals surface area contributed by atoms with Crippen molar-refractivity contribution in [3.63, 3.8) is 0 Å². The number of guanidine groups is 1. The van der Waals surface area contributed by atoms with Gasteiger partial charge in [0.25, 0.3) is 0 Å².